The third kappa shape index (κ3) is 5.26. The van der Waals surface area contributed by atoms with Gasteiger partial charge in [-0.3, -0.25) is 4.99 Å². The van der Waals surface area contributed by atoms with Crippen LogP contribution in [0.3, 0.4) is 0 Å². The molecule has 1 aromatic carbocycles. The lowest BCUT2D eigenvalue weighted by atomic mass is 10.1. The lowest BCUT2D eigenvalue weighted by Crippen LogP contribution is -2.46. The van der Waals surface area contributed by atoms with E-state index in [-0.39, 0.29) is 6.01 Å². The Balaban J connectivity index is 1.44. The fraction of sp³-hybridized carbons (Fsp3) is 0.370. The van der Waals surface area contributed by atoms with Crippen molar-refractivity contribution in [3.05, 3.63) is 63.7 Å². The first kappa shape index (κ1) is 23.6. The van der Waals surface area contributed by atoms with Gasteiger partial charge in [-0.05, 0) is 50.1 Å². The number of aliphatic imine (C=N–C) groups is 1. The van der Waals surface area contributed by atoms with Crippen molar-refractivity contribution in [3.8, 4) is 11.8 Å². The summed E-state index contributed by atoms with van der Waals surface area (Å²) in [6.07, 6.45) is 9.16. The van der Waals surface area contributed by atoms with E-state index in [1.165, 1.54) is 11.1 Å². The van der Waals surface area contributed by atoms with Crippen LogP contribution in [0.2, 0.25) is 5.02 Å². The standard InChI is InChI=1S/C27H31ClN6O/c1-4-6-19-15-23(29-17-19)30-24-16-25(34-11-9-33(5-2)10-12-34)32-27(31-24)35-22-8-7-20-13-18(3)14-21(20)26(22)28/h4,6-8,14-16H,5,9-13,17H2,1-3H3,(H,29,30,31,32)/b6-4+. The lowest BCUT2D eigenvalue weighted by molar-refractivity contribution is 0.270. The molecule has 7 nitrogen and oxygen atoms in total. The van der Waals surface area contributed by atoms with Gasteiger partial charge in [0.2, 0.25) is 0 Å². The zero-order chi connectivity index (χ0) is 24.4. The normalized spacial score (nSPS) is 17.9. The number of allylic oxidation sites excluding steroid dienone is 2. The number of hydrogen-bond donors (Lipinski definition) is 1. The molecule has 1 aliphatic carbocycles. The number of rotatable bonds is 6. The SMILES string of the molecule is C/C=C/C1=CC(Nc2cc(N3CCN(CC)CC3)nc(Oc3ccc4c(c3Cl)C=C(C)C4)n2)=NC1. The second-order valence-electron chi connectivity index (χ2n) is 9.08. The molecule has 0 spiro atoms. The Morgan fingerprint density at radius 3 is 2.74 bits per heavy atom. The maximum atomic E-state index is 6.72. The van der Waals surface area contributed by atoms with Crippen molar-refractivity contribution in [3.63, 3.8) is 0 Å². The largest absolute Gasteiger partial charge is 0.423 e. The number of nitrogens with zero attached hydrogens (tertiary/aromatic N) is 5. The maximum Gasteiger partial charge on any atom is 0.325 e. The summed E-state index contributed by atoms with van der Waals surface area (Å²) in [5, 5.41) is 3.94. The van der Waals surface area contributed by atoms with Crippen molar-refractivity contribution < 1.29 is 4.74 Å². The van der Waals surface area contributed by atoms with Gasteiger partial charge < -0.3 is 19.9 Å². The van der Waals surface area contributed by atoms with E-state index in [4.69, 9.17) is 21.3 Å². The molecule has 5 rings (SSSR count). The van der Waals surface area contributed by atoms with Gasteiger partial charge in [-0.25, -0.2) is 0 Å². The van der Waals surface area contributed by atoms with Crippen molar-refractivity contribution in [1.29, 1.82) is 0 Å². The average molecular weight is 491 g/mol. The summed E-state index contributed by atoms with van der Waals surface area (Å²) in [4.78, 5) is 18.7. The minimum Gasteiger partial charge on any atom is -0.423 e. The number of likely N-dealkylation sites (N-methyl/N-ethyl adjacent to an activating group) is 1. The van der Waals surface area contributed by atoms with Crippen LogP contribution in [0.25, 0.3) is 6.08 Å². The lowest BCUT2D eigenvalue weighted by Gasteiger charge is -2.34. The summed E-state index contributed by atoms with van der Waals surface area (Å²) in [5.74, 6) is 2.81. The predicted octanol–water partition coefficient (Wildman–Crippen LogP) is 5.35. The average Bonchev–Trinajstić information content (AvgIpc) is 3.47. The van der Waals surface area contributed by atoms with E-state index >= 15 is 0 Å². The summed E-state index contributed by atoms with van der Waals surface area (Å²) < 4.78 is 6.18. The molecular formula is C27H31ClN6O. The molecule has 3 heterocycles. The Hall–Kier alpha value is -3.16. The molecule has 0 saturated carbocycles. The van der Waals surface area contributed by atoms with E-state index in [0.29, 0.717) is 23.1 Å². The van der Waals surface area contributed by atoms with Crippen LogP contribution in [0.1, 0.15) is 31.9 Å². The van der Waals surface area contributed by atoms with Crippen molar-refractivity contribution in [1.82, 2.24) is 14.9 Å². The molecule has 1 fully saturated rings. The summed E-state index contributed by atoms with van der Waals surface area (Å²) in [5.41, 5.74) is 4.69. The van der Waals surface area contributed by atoms with E-state index in [1.54, 1.807) is 0 Å². The van der Waals surface area contributed by atoms with Crippen LogP contribution in [0.5, 0.6) is 11.8 Å². The van der Waals surface area contributed by atoms with Gasteiger partial charge in [0.25, 0.3) is 0 Å². The predicted molar refractivity (Wildman–Crippen MR) is 144 cm³/mol. The van der Waals surface area contributed by atoms with Crippen molar-refractivity contribution in [2.45, 2.75) is 27.2 Å². The molecule has 0 atom stereocenters. The van der Waals surface area contributed by atoms with E-state index in [0.717, 1.165) is 61.9 Å². The van der Waals surface area contributed by atoms with Gasteiger partial charge >= 0.3 is 6.01 Å². The highest BCUT2D eigenvalue weighted by molar-refractivity contribution is 6.33. The van der Waals surface area contributed by atoms with Crippen molar-refractivity contribution in [2.24, 2.45) is 4.99 Å². The van der Waals surface area contributed by atoms with Crippen LogP contribution in [-0.4, -0.2) is 60.0 Å². The fourth-order valence-corrected chi connectivity index (χ4v) is 4.92. The van der Waals surface area contributed by atoms with Crippen molar-refractivity contribution in [2.75, 3.05) is 49.5 Å². The highest BCUT2D eigenvalue weighted by Gasteiger charge is 2.21. The van der Waals surface area contributed by atoms with Crippen LogP contribution >= 0.6 is 11.6 Å². The minimum absolute atomic E-state index is 0.264. The molecule has 1 aromatic heterocycles. The van der Waals surface area contributed by atoms with Gasteiger partial charge in [-0.1, -0.05) is 48.4 Å². The van der Waals surface area contributed by atoms with Crippen molar-refractivity contribution >= 4 is 35.1 Å². The molecular weight excluding hydrogens is 460 g/mol. The molecule has 182 valence electrons. The third-order valence-electron chi connectivity index (χ3n) is 6.52. The number of hydrogen-bond acceptors (Lipinski definition) is 7. The molecule has 0 radical (unpaired) electrons. The number of nitrogens with one attached hydrogen (secondary N) is 1. The monoisotopic (exact) mass is 490 g/mol. The van der Waals surface area contributed by atoms with Gasteiger partial charge in [0.15, 0.2) is 0 Å². The van der Waals surface area contributed by atoms with Gasteiger partial charge in [-0.15, -0.1) is 0 Å². The molecule has 0 bridgehead atoms. The van der Waals surface area contributed by atoms with Gasteiger partial charge in [0.1, 0.15) is 23.2 Å². The summed E-state index contributed by atoms with van der Waals surface area (Å²) in [7, 11) is 0. The molecule has 1 N–H and O–H groups in total. The first-order valence-corrected chi connectivity index (χ1v) is 12.6. The van der Waals surface area contributed by atoms with Gasteiger partial charge in [-0.2, -0.15) is 9.97 Å². The minimum atomic E-state index is 0.264. The number of amidine groups is 1. The quantitative estimate of drug-likeness (QED) is 0.588. The highest BCUT2D eigenvalue weighted by Crippen LogP contribution is 2.38. The second-order valence-corrected chi connectivity index (χ2v) is 9.46. The van der Waals surface area contributed by atoms with Crippen LogP contribution in [0.4, 0.5) is 11.6 Å². The zero-order valence-corrected chi connectivity index (χ0v) is 21.3. The molecule has 8 heteroatoms. The summed E-state index contributed by atoms with van der Waals surface area (Å²) >= 11 is 6.72. The second kappa shape index (κ2) is 10.2. The number of piperazine rings is 1. The van der Waals surface area contributed by atoms with Gasteiger partial charge in [0.05, 0.1) is 11.6 Å². The van der Waals surface area contributed by atoms with Crippen LogP contribution in [0.15, 0.2) is 52.6 Å². The first-order valence-electron chi connectivity index (χ1n) is 12.2. The molecule has 0 amide bonds. The topological polar surface area (TPSA) is 65.9 Å². The van der Waals surface area contributed by atoms with Crippen LogP contribution < -0.4 is 15.0 Å². The number of aromatic nitrogens is 2. The summed E-state index contributed by atoms with van der Waals surface area (Å²) in [6, 6.07) is 6.20. The Morgan fingerprint density at radius 2 is 1.97 bits per heavy atom. The molecule has 2 aromatic rings. The number of fused-ring (bicyclic) bond motifs is 1. The Labute approximate surface area is 211 Å². The number of halogens is 1. The first-order chi connectivity index (χ1) is 17.0. The summed E-state index contributed by atoms with van der Waals surface area (Å²) in [6.45, 7) is 11.8. The van der Waals surface area contributed by atoms with E-state index in [9.17, 15) is 0 Å². The molecule has 3 aliphatic rings. The maximum absolute atomic E-state index is 6.72. The van der Waals surface area contributed by atoms with E-state index in [2.05, 4.69) is 57.2 Å². The van der Waals surface area contributed by atoms with Crippen LogP contribution in [0, 0.1) is 0 Å². The molecule has 1 saturated heterocycles. The smallest absolute Gasteiger partial charge is 0.325 e. The zero-order valence-electron chi connectivity index (χ0n) is 20.5. The Morgan fingerprint density at radius 1 is 1.14 bits per heavy atom. The third-order valence-corrected chi connectivity index (χ3v) is 6.91. The van der Waals surface area contributed by atoms with Gasteiger partial charge in [0, 0.05) is 37.8 Å². The molecule has 0 unspecified atom stereocenters. The number of anilines is 2. The van der Waals surface area contributed by atoms with E-state index < -0.39 is 0 Å². The highest BCUT2D eigenvalue weighted by atomic mass is 35.5. The fourth-order valence-electron chi connectivity index (χ4n) is 4.64. The Bertz CT molecular complexity index is 1240. The molecule has 2 aliphatic heterocycles. The van der Waals surface area contributed by atoms with Crippen LogP contribution in [-0.2, 0) is 6.42 Å². The van der Waals surface area contributed by atoms with E-state index in [1.807, 2.05) is 31.2 Å². The number of benzene rings is 1. The Kier molecular flexibility index (Phi) is 6.88. The molecule has 35 heavy (non-hydrogen) atoms. The number of ether oxygens (including phenoxy) is 1.